The van der Waals surface area contributed by atoms with Crippen molar-refractivity contribution in [2.24, 2.45) is 0 Å². The number of hydrogen-bond donors (Lipinski definition) is 2. The summed E-state index contributed by atoms with van der Waals surface area (Å²) in [5.74, 6) is -0.00124. The molecule has 2 N–H and O–H groups in total. The zero-order valence-electron chi connectivity index (χ0n) is 10.2. The van der Waals surface area contributed by atoms with Crippen LogP contribution in [0.2, 0.25) is 0 Å². The summed E-state index contributed by atoms with van der Waals surface area (Å²) in [5, 5.41) is 19.0. The molecule has 19 heavy (non-hydrogen) atoms. The number of ether oxygens (including phenoxy) is 1. The van der Waals surface area contributed by atoms with Crippen molar-refractivity contribution in [1.82, 2.24) is 0 Å². The molecule has 0 aliphatic heterocycles. The van der Waals surface area contributed by atoms with Crippen LogP contribution in [0.1, 0.15) is 11.3 Å². The maximum absolute atomic E-state index is 11.2. The molecular formula is C14H12O5. The smallest absolute Gasteiger partial charge is 0.227 e. The van der Waals surface area contributed by atoms with Crippen LogP contribution >= 0.6 is 0 Å². The molecule has 2 aromatic rings. The highest BCUT2D eigenvalue weighted by atomic mass is 16.5. The lowest BCUT2D eigenvalue weighted by Gasteiger charge is -2.03. The van der Waals surface area contributed by atoms with E-state index in [-0.39, 0.29) is 11.5 Å². The molecule has 1 aromatic heterocycles. The highest BCUT2D eigenvalue weighted by Crippen LogP contribution is 2.27. The minimum atomic E-state index is -0.505. The SMILES string of the molecule is COc1cc(/C=C/c2occc(=O)c2O)ccc1O. The van der Waals surface area contributed by atoms with Crippen molar-refractivity contribution in [1.29, 1.82) is 0 Å². The zero-order valence-corrected chi connectivity index (χ0v) is 10.2. The van der Waals surface area contributed by atoms with Crippen LogP contribution in [0.15, 0.2) is 39.7 Å². The van der Waals surface area contributed by atoms with Crippen LogP contribution < -0.4 is 10.2 Å². The number of phenolic OH excluding ortho intramolecular Hbond substituents is 1. The van der Waals surface area contributed by atoms with Gasteiger partial charge in [0.25, 0.3) is 0 Å². The highest BCUT2D eigenvalue weighted by molar-refractivity contribution is 5.70. The Balaban J connectivity index is 2.32. The van der Waals surface area contributed by atoms with E-state index in [4.69, 9.17) is 9.15 Å². The lowest BCUT2D eigenvalue weighted by molar-refractivity contribution is 0.373. The summed E-state index contributed by atoms with van der Waals surface area (Å²) in [6.45, 7) is 0. The predicted molar refractivity (Wildman–Crippen MR) is 70.2 cm³/mol. The van der Waals surface area contributed by atoms with Crippen LogP contribution in [-0.4, -0.2) is 17.3 Å². The molecule has 0 spiro atoms. The standard InChI is InChI=1S/C14H12O5/c1-18-13-8-9(2-4-10(13)15)3-5-12-14(17)11(16)6-7-19-12/h2-8,15,17H,1H3/b5-3+. The first-order valence-corrected chi connectivity index (χ1v) is 5.47. The molecule has 2 rings (SSSR count). The first kappa shape index (κ1) is 12.8. The molecule has 0 aliphatic rings. The molecule has 98 valence electrons. The van der Waals surface area contributed by atoms with Gasteiger partial charge in [-0.15, -0.1) is 0 Å². The highest BCUT2D eigenvalue weighted by Gasteiger charge is 2.04. The van der Waals surface area contributed by atoms with Crippen molar-refractivity contribution in [3.63, 3.8) is 0 Å². The number of hydrogen-bond acceptors (Lipinski definition) is 5. The molecule has 0 aliphatic carbocycles. The van der Waals surface area contributed by atoms with Gasteiger partial charge in [-0.1, -0.05) is 12.1 Å². The topological polar surface area (TPSA) is 79.9 Å². The third-order valence-corrected chi connectivity index (χ3v) is 2.51. The van der Waals surface area contributed by atoms with Crippen molar-refractivity contribution in [3.8, 4) is 17.2 Å². The predicted octanol–water partition coefficient (Wildman–Crippen LogP) is 2.23. The normalized spacial score (nSPS) is 10.8. The molecular weight excluding hydrogens is 248 g/mol. The van der Waals surface area contributed by atoms with E-state index in [0.717, 1.165) is 11.6 Å². The van der Waals surface area contributed by atoms with E-state index in [2.05, 4.69) is 0 Å². The van der Waals surface area contributed by atoms with Gasteiger partial charge in [0.15, 0.2) is 17.3 Å². The molecule has 5 heteroatoms. The second-order valence-corrected chi connectivity index (χ2v) is 3.76. The van der Waals surface area contributed by atoms with Crippen LogP contribution in [0.5, 0.6) is 17.2 Å². The summed E-state index contributed by atoms with van der Waals surface area (Å²) in [4.78, 5) is 11.2. The van der Waals surface area contributed by atoms with Crippen LogP contribution in [0.25, 0.3) is 12.2 Å². The summed E-state index contributed by atoms with van der Waals surface area (Å²) < 4.78 is 10.00. The first-order valence-electron chi connectivity index (χ1n) is 5.47. The van der Waals surface area contributed by atoms with Gasteiger partial charge in [0.2, 0.25) is 11.2 Å². The maximum Gasteiger partial charge on any atom is 0.227 e. The molecule has 0 unspecified atom stereocenters. The van der Waals surface area contributed by atoms with Gasteiger partial charge in [-0.2, -0.15) is 0 Å². The summed E-state index contributed by atoms with van der Waals surface area (Å²) in [5.41, 5.74) is 0.217. The summed E-state index contributed by atoms with van der Waals surface area (Å²) in [6.07, 6.45) is 4.29. The van der Waals surface area contributed by atoms with Crippen LogP contribution in [-0.2, 0) is 0 Å². The van der Waals surface area contributed by atoms with Gasteiger partial charge in [-0.05, 0) is 23.8 Å². The van der Waals surface area contributed by atoms with E-state index in [0.29, 0.717) is 5.75 Å². The fourth-order valence-corrected chi connectivity index (χ4v) is 1.51. The van der Waals surface area contributed by atoms with Gasteiger partial charge in [0, 0.05) is 6.07 Å². The molecule has 0 fully saturated rings. The van der Waals surface area contributed by atoms with E-state index in [1.165, 1.54) is 25.5 Å². The van der Waals surface area contributed by atoms with Crippen molar-refractivity contribution in [2.45, 2.75) is 0 Å². The Labute approximate surface area is 109 Å². The number of benzene rings is 1. The van der Waals surface area contributed by atoms with E-state index in [1.807, 2.05) is 0 Å². The maximum atomic E-state index is 11.2. The fourth-order valence-electron chi connectivity index (χ4n) is 1.51. The van der Waals surface area contributed by atoms with Crippen LogP contribution in [0.4, 0.5) is 0 Å². The van der Waals surface area contributed by atoms with Crippen molar-refractivity contribution < 1.29 is 19.4 Å². The largest absolute Gasteiger partial charge is 0.504 e. The van der Waals surface area contributed by atoms with Crippen molar-refractivity contribution in [2.75, 3.05) is 7.11 Å². The number of methoxy groups -OCH3 is 1. The second kappa shape index (κ2) is 5.30. The Morgan fingerprint density at radius 1 is 1.21 bits per heavy atom. The zero-order chi connectivity index (χ0) is 13.8. The van der Waals surface area contributed by atoms with Gasteiger partial charge >= 0.3 is 0 Å². The fraction of sp³-hybridized carbons (Fsp3) is 0.0714. The van der Waals surface area contributed by atoms with E-state index >= 15 is 0 Å². The summed E-state index contributed by atoms with van der Waals surface area (Å²) in [7, 11) is 1.45. The monoisotopic (exact) mass is 260 g/mol. The molecule has 0 saturated carbocycles. The minimum absolute atomic E-state index is 0.0359. The molecule has 1 heterocycles. The minimum Gasteiger partial charge on any atom is -0.504 e. The molecule has 0 bridgehead atoms. The molecule has 0 radical (unpaired) electrons. The quantitative estimate of drug-likeness (QED) is 0.884. The number of rotatable bonds is 3. The Morgan fingerprint density at radius 2 is 2.00 bits per heavy atom. The van der Waals surface area contributed by atoms with Gasteiger partial charge in [0.1, 0.15) is 0 Å². The Morgan fingerprint density at radius 3 is 2.74 bits per heavy atom. The lowest BCUT2D eigenvalue weighted by atomic mass is 10.1. The van der Waals surface area contributed by atoms with Gasteiger partial charge in [-0.3, -0.25) is 4.79 Å². The van der Waals surface area contributed by atoms with Gasteiger partial charge in [0.05, 0.1) is 13.4 Å². The Bertz CT molecular complexity index is 670. The van der Waals surface area contributed by atoms with E-state index in [9.17, 15) is 15.0 Å². The number of phenols is 1. The molecule has 0 atom stereocenters. The van der Waals surface area contributed by atoms with Crippen LogP contribution in [0.3, 0.4) is 0 Å². The molecule has 1 aromatic carbocycles. The third-order valence-electron chi connectivity index (χ3n) is 2.51. The van der Waals surface area contributed by atoms with E-state index in [1.54, 1.807) is 18.2 Å². The van der Waals surface area contributed by atoms with Crippen LogP contribution in [0, 0.1) is 0 Å². The Hall–Kier alpha value is -2.69. The van der Waals surface area contributed by atoms with Crippen molar-refractivity contribution in [3.05, 3.63) is 52.1 Å². The molecule has 0 saturated heterocycles. The first-order chi connectivity index (χ1) is 9.11. The average molecular weight is 260 g/mol. The molecule has 0 amide bonds. The van der Waals surface area contributed by atoms with Crippen molar-refractivity contribution >= 4 is 12.2 Å². The van der Waals surface area contributed by atoms with E-state index < -0.39 is 11.2 Å². The summed E-state index contributed by atoms with van der Waals surface area (Å²) >= 11 is 0. The van der Waals surface area contributed by atoms with Gasteiger partial charge < -0.3 is 19.4 Å². The third kappa shape index (κ3) is 2.77. The number of aromatic hydroxyl groups is 2. The average Bonchev–Trinajstić information content (AvgIpc) is 2.42. The Kier molecular flexibility index (Phi) is 3.56. The second-order valence-electron chi connectivity index (χ2n) is 3.76. The van der Waals surface area contributed by atoms with Gasteiger partial charge in [-0.25, -0.2) is 0 Å². The summed E-state index contributed by atoms with van der Waals surface area (Å²) in [6, 6.07) is 5.90. The molecule has 5 nitrogen and oxygen atoms in total. The lowest BCUT2D eigenvalue weighted by Crippen LogP contribution is -1.97.